The first-order valence-electron chi connectivity index (χ1n) is 1.18. The Labute approximate surface area is 43.2 Å². The summed E-state index contributed by atoms with van der Waals surface area (Å²) in [6, 6.07) is 0. The molecule has 0 radical (unpaired) electrons. The molecule has 0 spiro atoms. The summed E-state index contributed by atoms with van der Waals surface area (Å²) in [5.74, 6) is 0. The van der Waals surface area contributed by atoms with E-state index in [1.807, 2.05) is 0 Å². The summed E-state index contributed by atoms with van der Waals surface area (Å²) >= 11 is 0.159. The van der Waals surface area contributed by atoms with Crippen LogP contribution >= 0.6 is 0 Å². The van der Waals surface area contributed by atoms with E-state index in [4.69, 9.17) is 5.11 Å². The van der Waals surface area contributed by atoms with Crippen molar-refractivity contribution in [3.8, 4) is 0 Å². The molecule has 0 aromatic heterocycles. The molecule has 30 valence electrons. The topological polar surface area (TPSA) is 37.3 Å². The Morgan fingerprint density at radius 1 is 2.00 bits per heavy atom. The van der Waals surface area contributed by atoms with E-state index in [0.717, 1.165) is 0 Å². The Bertz CT molecular complexity index is 44.9. The number of rotatable bonds is 1. The van der Waals surface area contributed by atoms with E-state index in [-0.39, 0.29) is 0 Å². The average Bonchev–Trinajstić information content (AvgIpc) is 1.38. The van der Waals surface area contributed by atoms with E-state index in [0.29, 0.717) is 14.5 Å². The predicted octanol–water partition coefficient (Wildman–Crippen LogP) is -1.62. The van der Waals surface area contributed by atoms with Crippen molar-refractivity contribution in [2.75, 3.05) is 0 Å². The van der Waals surface area contributed by atoms with Gasteiger partial charge < -0.3 is 0 Å². The summed E-state index contributed by atoms with van der Waals surface area (Å²) in [6.07, 6.45) is 0. The summed E-state index contributed by atoms with van der Waals surface area (Å²) in [7, 11) is 0. The Hall–Kier alpha value is 0.571. The molecule has 4 heteroatoms. The number of hydrogen-bond donors (Lipinski definition) is 1. The third-order valence-corrected chi connectivity index (χ3v) is 5.77. The summed E-state index contributed by atoms with van der Waals surface area (Å²) in [4.78, 5) is 9.47. The maximum absolute atomic E-state index is 9.47. The normalized spacial score (nSPS) is 10.4. The molecule has 0 aromatic carbocycles. The van der Waals surface area contributed by atoms with Crippen molar-refractivity contribution in [2.24, 2.45) is 0 Å². The first-order valence-corrected chi connectivity index (χ1v) is 15.2. The van der Waals surface area contributed by atoms with Gasteiger partial charge in [-0.1, -0.05) is 0 Å². The molecule has 2 nitrogen and oxygen atoms in total. The SMILES string of the molecule is O=C(O)[AsH][GeH3]. The number of carboxylic acid groups (broad SMARTS) is 1. The second-order valence-corrected chi connectivity index (χ2v) is 7.95. The van der Waals surface area contributed by atoms with Crippen LogP contribution in [0.25, 0.3) is 0 Å². The van der Waals surface area contributed by atoms with Gasteiger partial charge in [0.1, 0.15) is 0 Å². The maximum atomic E-state index is 9.47. The molecule has 0 saturated heterocycles. The molecule has 0 heterocycles. The van der Waals surface area contributed by atoms with Gasteiger partial charge in [0.15, 0.2) is 0 Å². The number of carbonyl (C=O) groups is 1. The molecule has 0 aromatic rings. The van der Waals surface area contributed by atoms with E-state index >= 15 is 0 Å². The van der Waals surface area contributed by atoms with Crippen LogP contribution in [0.3, 0.4) is 0 Å². The van der Waals surface area contributed by atoms with Crippen molar-refractivity contribution in [3.63, 3.8) is 0 Å². The van der Waals surface area contributed by atoms with E-state index < -0.39 is 18.5 Å². The molecule has 0 rings (SSSR count). The fourth-order valence-electron chi connectivity index (χ4n) is 0. The Morgan fingerprint density at radius 2 is 2.20 bits per heavy atom. The van der Waals surface area contributed by atoms with Gasteiger partial charge in [-0.05, 0) is 0 Å². The predicted molar refractivity (Wildman–Crippen MR) is 25.1 cm³/mol. The summed E-state index contributed by atoms with van der Waals surface area (Å²) in [5, 5.41) is 7.82. The first kappa shape index (κ1) is 5.57. The van der Waals surface area contributed by atoms with Crippen molar-refractivity contribution in [1.82, 2.24) is 0 Å². The molecule has 0 aliphatic rings. The van der Waals surface area contributed by atoms with E-state index in [1.165, 1.54) is 0 Å². The summed E-state index contributed by atoms with van der Waals surface area (Å²) in [5.41, 5.74) is 0. The average molecular weight is 197 g/mol. The van der Waals surface area contributed by atoms with Crippen molar-refractivity contribution >= 4 is 33.0 Å². The fourth-order valence-corrected chi connectivity index (χ4v) is 0. The van der Waals surface area contributed by atoms with Gasteiger partial charge in [-0.15, -0.1) is 0 Å². The number of hydrogen-bond acceptors (Lipinski definition) is 1. The van der Waals surface area contributed by atoms with Crippen LogP contribution < -0.4 is 0 Å². The van der Waals surface area contributed by atoms with Crippen LogP contribution in [0.1, 0.15) is 0 Å². The van der Waals surface area contributed by atoms with Crippen molar-refractivity contribution in [3.05, 3.63) is 0 Å². The minimum absolute atomic E-state index is 0.451. The van der Waals surface area contributed by atoms with Crippen molar-refractivity contribution in [1.29, 1.82) is 0 Å². The third kappa shape index (κ3) is 4.57. The van der Waals surface area contributed by atoms with E-state index in [1.54, 1.807) is 0 Å². The van der Waals surface area contributed by atoms with Crippen molar-refractivity contribution < 1.29 is 9.90 Å². The molecular weight excluding hydrogens is 192 g/mol. The van der Waals surface area contributed by atoms with Crippen LogP contribution in [-0.2, 0) is 0 Å². The van der Waals surface area contributed by atoms with Crippen LogP contribution in [0, 0.1) is 0 Å². The van der Waals surface area contributed by atoms with Gasteiger partial charge in [0.2, 0.25) is 0 Å². The van der Waals surface area contributed by atoms with E-state index in [9.17, 15) is 4.79 Å². The van der Waals surface area contributed by atoms with Gasteiger partial charge in [0.05, 0.1) is 0 Å². The molecule has 0 saturated carbocycles. The molecule has 0 fully saturated rings. The van der Waals surface area contributed by atoms with Crippen LogP contribution in [0.2, 0.25) is 0 Å². The second-order valence-electron chi connectivity index (χ2n) is 0.555. The van der Waals surface area contributed by atoms with Crippen LogP contribution in [-0.4, -0.2) is 38.1 Å². The Balaban J connectivity index is 2.85. The molecular formula is CH5AsGeO2. The molecule has 0 aliphatic carbocycles. The van der Waals surface area contributed by atoms with Gasteiger partial charge in [-0.3, -0.25) is 0 Å². The minimum atomic E-state index is -0.537. The first-order chi connectivity index (χ1) is 2.27. The Morgan fingerprint density at radius 3 is 2.20 bits per heavy atom. The van der Waals surface area contributed by atoms with Crippen LogP contribution in [0.4, 0.5) is 4.79 Å². The van der Waals surface area contributed by atoms with Gasteiger partial charge in [0.25, 0.3) is 0 Å². The van der Waals surface area contributed by atoms with Crippen molar-refractivity contribution in [2.45, 2.75) is 0 Å². The third-order valence-electron chi connectivity index (χ3n) is 0.214. The summed E-state index contributed by atoms with van der Waals surface area (Å²) in [6.45, 7) is 0. The zero-order valence-corrected chi connectivity index (χ0v) is 9.15. The Kier molecular flexibility index (Phi) is 3.11. The second kappa shape index (κ2) is 2.79. The van der Waals surface area contributed by atoms with Gasteiger partial charge >= 0.3 is 42.9 Å². The van der Waals surface area contributed by atoms with E-state index in [2.05, 4.69) is 0 Å². The quantitative estimate of drug-likeness (QED) is 0.512. The zero-order valence-electron chi connectivity index (χ0n) is 2.86. The molecule has 0 aliphatic heterocycles. The molecule has 1 N–H and O–H groups in total. The van der Waals surface area contributed by atoms with Gasteiger partial charge in [-0.25, -0.2) is 0 Å². The van der Waals surface area contributed by atoms with Crippen LogP contribution in [0.5, 0.6) is 0 Å². The van der Waals surface area contributed by atoms with Gasteiger partial charge in [-0.2, -0.15) is 0 Å². The molecule has 0 bridgehead atoms. The van der Waals surface area contributed by atoms with Gasteiger partial charge in [0, 0.05) is 0 Å². The molecule has 5 heavy (non-hydrogen) atoms. The fraction of sp³-hybridized carbons (Fsp3) is 0. The molecule has 0 amide bonds. The molecule has 1 atom stereocenters. The standard InChI is InChI=1S/CH5AsGeO2/c3-2-1(4)5/h2H,3H3,(H,4,5). The zero-order chi connectivity index (χ0) is 4.28. The van der Waals surface area contributed by atoms with Crippen LogP contribution in [0.15, 0.2) is 0 Å². The molecule has 1 unspecified atom stereocenters. The monoisotopic (exact) mass is 198 g/mol. The summed E-state index contributed by atoms with van der Waals surface area (Å²) < 4.78 is -0.537.